The first-order valence-corrected chi connectivity index (χ1v) is 13.7. The second-order valence-corrected chi connectivity index (χ2v) is 10.7. The van der Waals surface area contributed by atoms with Crippen LogP contribution in [0.4, 0.5) is 16.2 Å². The molecule has 0 radical (unpaired) electrons. The second kappa shape index (κ2) is 12.8. The standard InChI is InChI=1S/C32H37N3O5/c1-19-15-20(2)28(21(3)16-19)35-32(40)33-27-17-25(23-11-9-22(18-36)10-12-23)13-14-26(27)30(37)34-29(31(38)39)24-7-5-4-6-8-24/h9-17,24,29,36H,4-8,18H2,1-3H3,(H,34,37)(H,38,39)(H2,33,35,40). The number of aliphatic hydroxyl groups excluding tert-OH is 1. The molecule has 3 amide bonds. The monoisotopic (exact) mass is 543 g/mol. The van der Waals surface area contributed by atoms with Gasteiger partial charge in [0, 0.05) is 5.69 Å². The van der Waals surface area contributed by atoms with Crippen molar-refractivity contribution in [3.8, 4) is 11.1 Å². The summed E-state index contributed by atoms with van der Waals surface area (Å²) in [7, 11) is 0. The fraction of sp³-hybridized carbons (Fsp3) is 0.344. The van der Waals surface area contributed by atoms with Gasteiger partial charge in [0.1, 0.15) is 6.04 Å². The van der Waals surface area contributed by atoms with Gasteiger partial charge < -0.3 is 26.2 Å². The van der Waals surface area contributed by atoms with E-state index in [0.29, 0.717) is 5.69 Å². The number of hydrogen-bond acceptors (Lipinski definition) is 4. The van der Waals surface area contributed by atoms with Crippen molar-refractivity contribution in [2.75, 3.05) is 10.6 Å². The minimum Gasteiger partial charge on any atom is -0.480 e. The lowest BCUT2D eigenvalue weighted by Crippen LogP contribution is -2.46. The highest BCUT2D eigenvalue weighted by atomic mass is 16.4. The van der Waals surface area contributed by atoms with E-state index in [-0.39, 0.29) is 23.8 Å². The highest BCUT2D eigenvalue weighted by molar-refractivity contribution is 6.08. The van der Waals surface area contributed by atoms with Crippen LogP contribution in [0.15, 0.2) is 54.6 Å². The van der Waals surface area contributed by atoms with Crippen LogP contribution in [-0.2, 0) is 11.4 Å². The van der Waals surface area contributed by atoms with Gasteiger partial charge in [-0.25, -0.2) is 9.59 Å². The Morgan fingerprint density at radius 2 is 1.48 bits per heavy atom. The number of rotatable bonds is 8. The molecule has 0 saturated heterocycles. The van der Waals surface area contributed by atoms with Gasteiger partial charge in [-0.2, -0.15) is 0 Å². The first-order chi connectivity index (χ1) is 19.2. The summed E-state index contributed by atoms with van der Waals surface area (Å²) >= 11 is 0. The van der Waals surface area contributed by atoms with Gasteiger partial charge in [-0.1, -0.05) is 67.3 Å². The fourth-order valence-electron chi connectivity index (χ4n) is 5.54. The van der Waals surface area contributed by atoms with Gasteiger partial charge in [0.2, 0.25) is 0 Å². The van der Waals surface area contributed by atoms with Crippen molar-refractivity contribution >= 4 is 29.3 Å². The van der Waals surface area contributed by atoms with Gasteiger partial charge in [0.05, 0.1) is 17.9 Å². The lowest BCUT2D eigenvalue weighted by Gasteiger charge is -2.28. The van der Waals surface area contributed by atoms with E-state index in [0.717, 1.165) is 65.5 Å². The topological polar surface area (TPSA) is 128 Å². The Hall–Kier alpha value is -4.17. The van der Waals surface area contributed by atoms with Crippen LogP contribution in [0, 0.1) is 26.7 Å². The molecule has 0 heterocycles. The van der Waals surface area contributed by atoms with Crippen LogP contribution in [0.25, 0.3) is 11.1 Å². The van der Waals surface area contributed by atoms with E-state index in [4.69, 9.17) is 0 Å². The molecule has 1 unspecified atom stereocenters. The molecular weight excluding hydrogens is 506 g/mol. The molecule has 3 aromatic carbocycles. The van der Waals surface area contributed by atoms with Crippen molar-refractivity contribution in [3.05, 3.63) is 82.4 Å². The lowest BCUT2D eigenvalue weighted by atomic mass is 9.83. The second-order valence-electron chi connectivity index (χ2n) is 10.7. The summed E-state index contributed by atoms with van der Waals surface area (Å²) in [4.78, 5) is 38.7. The third-order valence-electron chi connectivity index (χ3n) is 7.57. The van der Waals surface area contributed by atoms with Crippen molar-refractivity contribution in [2.24, 2.45) is 5.92 Å². The number of aliphatic carboxylic acids is 1. The molecule has 1 saturated carbocycles. The summed E-state index contributed by atoms with van der Waals surface area (Å²) in [6.07, 6.45) is 4.46. The molecule has 1 aliphatic rings. The van der Waals surface area contributed by atoms with E-state index in [9.17, 15) is 24.6 Å². The number of urea groups is 1. The fourth-order valence-corrected chi connectivity index (χ4v) is 5.54. The number of aryl methyl sites for hydroxylation is 3. The van der Waals surface area contributed by atoms with E-state index in [1.165, 1.54) is 0 Å². The molecule has 0 aromatic heterocycles. The molecule has 4 rings (SSSR count). The van der Waals surface area contributed by atoms with E-state index in [1.54, 1.807) is 30.3 Å². The molecule has 3 aromatic rings. The lowest BCUT2D eigenvalue weighted by molar-refractivity contribution is -0.141. The maximum Gasteiger partial charge on any atom is 0.326 e. The highest BCUT2D eigenvalue weighted by Gasteiger charge is 2.31. The number of hydrogen-bond donors (Lipinski definition) is 5. The van der Waals surface area contributed by atoms with Crippen LogP contribution >= 0.6 is 0 Å². The summed E-state index contributed by atoms with van der Waals surface area (Å²) in [6.45, 7) is 5.76. The summed E-state index contributed by atoms with van der Waals surface area (Å²) in [5.41, 5.74) is 6.40. The first-order valence-electron chi connectivity index (χ1n) is 13.7. The largest absolute Gasteiger partial charge is 0.480 e. The number of carbonyl (C=O) groups excluding carboxylic acids is 2. The number of carboxylic acid groups (broad SMARTS) is 1. The summed E-state index contributed by atoms with van der Waals surface area (Å²) in [5, 5.41) is 27.7. The van der Waals surface area contributed by atoms with E-state index < -0.39 is 23.9 Å². The normalized spacial score (nSPS) is 14.3. The van der Waals surface area contributed by atoms with Gasteiger partial charge in [-0.15, -0.1) is 0 Å². The first kappa shape index (κ1) is 28.8. The average Bonchev–Trinajstić information content (AvgIpc) is 2.94. The molecule has 0 aliphatic heterocycles. The van der Waals surface area contributed by atoms with Gasteiger partial charge in [-0.3, -0.25) is 4.79 Å². The number of carbonyl (C=O) groups is 3. The molecule has 40 heavy (non-hydrogen) atoms. The molecule has 210 valence electrons. The highest BCUT2D eigenvalue weighted by Crippen LogP contribution is 2.30. The van der Waals surface area contributed by atoms with Crippen LogP contribution in [-0.4, -0.2) is 34.2 Å². The van der Waals surface area contributed by atoms with Crippen molar-refractivity contribution in [1.82, 2.24) is 5.32 Å². The minimum atomic E-state index is -1.06. The molecular formula is C32H37N3O5. The Morgan fingerprint density at radius 3 is 2.08 bits per heavy atom. The number of amides is 3. The maximum absolute atomic E-state index is 13.5. The SMILES string of the molecule is Cc1cc(C)c(NC(=O)Nc2cc(-c3ccc(CO)cc3)ccc2C(=O)NC(C(=O)O)C2CCCCC2)c(C)c1. The maximum atomic E-state index is 13.5. The van der Waals surface area contributed by atoms with Gasteiger partial charge in [0.15, 0.2) is 0 Å². The smallest absolute Gasteiger partial charge is 0.326 e. The zero-order chi connectivity index (χ0) is 28.8. The quantitative estimate of drug-likeness (QED) is 0.232. The van der Waals surface area contributed by atoms with Crippen LogP contribution in [0.3, 0.4) is 0 Å². The van der Waals surface area contributed by atoms with Crippen molar-refractivity contribution < 1.29 is 24.6 Å². The minimum absolute atomic E-state index is 0.0735. The summed E-state index contributed by atoms with van der Waals surface area (Å²) < 4.78 is 0. The molecule has 0 bridgehead atoms. The predicted molar refractivity (Wildman–Crippen MR) is 157 cm³/mol. The van der Waals surface area contributed by atoms with Gasteiger partial charge >= 0.3 is 12.0 Å². The predicted octanol–water partition coefficient (Wildman–Crippen LogP) is 6.18. The number of nitrogens with one attached hydrogen (secondary N) is 3. The number of anilines is 2. The molecule has 1 fully saturated rings. The molecule has 5 N–H and O–H groups in total. The van der Waals surface area contributed by atoms with E-state index >= 15 is 0 Å². The molecule has 8 nitrogen and oxygen atoms in total. The van der Waals surface area contributed by atoms with Crippen molar-refractivity contribution in [2.45, 2.75) is 65.5 Å². The number of benzene rings is 3. The molecule has 1 aliphatic carbocycles. The van der Waals surface area contributed by atoms with Crippen molar-refractivity contribution in [3.63, 3.8) is 0 Å². The Morgan fingerprint density at radius 1 is 0.850 bits per heavy atom. The average molecular weight is 544 g/mol. The Bertz CT molecular complexity index is 1370. The van der Waals surface area contributed by atoms with Crippen LogP contribution in [0.2, 0.25) is 0 Å². The van der Waals surface area contributed by atoms with Gasteiger partial charge in [0.25, 0.3) is 5.91 Å². The Kier molecular flexibility index (Phi) is 9.22. The summed E-state index contributed by atoms with van der Waals surface area (Å²) in [5.74, 6) is -1.75. The van der Waals surface area contributed by atoms with Crippen LogP contribution in [0.1, 0.15) is 64.7 Å². The van der Waals surface area contributed by atoms with Crippen LogP contribution < -0.4 is 16.0 Å². The third kappa shape index (κ3) is 6.87. The van der Waals surface area contributed by atoms with Gasteiger partial charge in [-0.05, 0) is 79.5 Å². The van der Waals surface area contributed by atoms with E-state index in [1.807, 2.05) is 45.0 Å². The number of carboxylic acids is 1. The third-order valence-corrected chi connectivity index (χ3v) is 7.57. The Balaban J connectivity index is 1.65. The van der Waals surface area contributed by atoms with Crippen LogP contribution in [0.5, 0.6) is 0 Å². The van der Waals surface area contributed by atoms with Crippen molar-refractivity contribution in [1.29, 1.82) is 0 Å². The Labute approximate surface area is 234 Å². The zero-order valence-electron chi connectivity index (χ0n) is 23.2. The zero-order valence-corrected chi connectivity index (χ0v) is 23.2. The van der Waals surface area contributed by atoms with E-state index in [2.05, 4.69) is 16.0 Å². The molecule has 0 spiro atoms. The number of aliphatic hydroxyl groups is 1. The molecule has 1 atom stereocenters. The summed E-state index contributed by atoms with van der Waals surface area (Å²) in [6, 6.07) is 14.8. The molecule has 8 heteroatoms.